The minimum absolute atomic E-state index is 1.28. The zero-order valence-corrected chi connectivity index (χ0v) is 7.81. The molecule has 0 aromatic heterocycles. The predicted molar refractivity (Wildman–Crippen MR) is 56.1 cm³/mol. The van der Waals surface area contributed by atoms with Gasteiger partial charge in [0.2, 0.25) is 0 Å². The largest absolute Gasteiger partial charge is 0.131 e. The van der Waals surface area contributed by atoms with Gasteiger partial charge in [-0.2, -0.15) is 0 Å². The zero-order valence-electron chi connectivity index (χ0n) is 6.99. The molecule has 0 N–H and O–H groups in total. The predicted octanol–water partition coefficient (Wildman–Crippen LogP) is 3.55. The molecule has 0 nitrogen and oxygen atoms in total. The van der Waals surface area contributed by atoms with Crippen molar-refractivity contribution in [3.8, 4) is 0 Å². The Morgan fingerprint density at radius 2 is 2.00 bits per heavy atom. The maximum Gasteiger partial charge on any atom is -0.00199 e. The lowest BCUT2D eigenvalue weighted by atomic mass is 10.2. The number of allylic oxidation sites excluding steroid dienone is 1. The summed E-state index contributed by atoms with van der Waals surface area (Å²) in [6.45, 7) is 0. The fourth-order valence-corrected chi connectivity index (χ4v) is 2.43. The van der Waals surface area contributed by atoms with Crippen LogP contribution < -0.4 is 0 Å². The minimum Gasteiger partial charge on any atom is -0.131 e. The second-order valence-electron chi connectivity index (χ2n) is 2.97. The Kier molecular flexibility index (Phi) is 2.52. The van der Waals surface area contributed by atoms with Crippen LogP contribution in [0.15, 0.2) is 35.2 Å². The Labute approximate surface area is 77.7 Å². The van der Waals surface area contributed by atoms with Gasteiger partial charge in [0.15, 0.2) is 0 Å². The topological polar surface area (TPSA) is 0 Å². The van der Waals surface area contributed by atoms with Gasteiger partial charge in [0.05, 0.1) is 0 Å². The van der Waals surface area contributed by atoms with Crippen molar-refractivity contribution in [2.75, 3.05) is 5.75 Å². The molecule has 1 aromatic carbocycles. The summed E-state index contributed by atoms with van der Waals surface area (Å²) in [6.07, 6.45) is 4.93. The number of thioether (sulfide) groups is 1. The van der Waals surface area contributed by atoms with Crippen molar-refractivity contribution in [2.45, 2.75) is 12.8 Å². The lowest BCUT2D eigenvalue weighted by Gasteiger charge is -1.94. The molecule has 1 heteroatoms. The van der Waals surface area contributed by atoms with Crippen LogP contribution in [-0.2, 0) is 0 Å². The lowest BCUT2D eigenvalue weighted by Crippen LogP contribution is -1.71. The molecule has 0 saturated carbocycles. The first-order valence-corrected chi connectivity index (χ1v) is 5.32. The van der Waals surface area contributed by atoms with E-state index >= 15 is 0 Å². The minimum atomic E-state index is 1.28. The van der Waals surface area contributed by atoms with Crippen LogP contribution in [0, 0.1) is 0 Å². The average Bonchev–Trinajstić information content (AvgIpc) is 2.59. The van der Waals surface area contributed by atoms with Gasteiger partial charge in [-0.1, -0.05) is 30.3 Å². The van der Waals surface area contributed by atoms with Crippen LogP contribution in [0.5, 0.6) is 0 Å². The third-order valence-corrected chi connectivity index (χ3v) is 3.17. The molecule has 12 heavy (non-hydrogen) atoms. The van der Waals surface area contributed by atoms with E-state index < -0.39 is 0 Å². The van der Waals surface area contributed by atoms with E-state index in [-0.39, 0.29) is 0 Å². The average molecular weight is 176 g/mol. The smallest absolute Gasteiger partial charge is 0.00199 e. The molecule has 1 aromatic rings. The summed E-state index contributed by atoms with van der Waals surface area (Å²) >= 11 is 2.00. The zero-order chi connectivity index (χ0) is 8.23. The van der Waals surface area contributed by atoms with Gasteiger partial charge in [-0.15, -0.1) is 11.8 Å². The summed E-state index contributed by atoms with van der Waals surface area (Å²) in [5, 5.41) is 0. The monoisotopic (exact) mass is 176 g/mol. The molecule has 0 unspecified atom stereocenters. The van der Waals surface area contributed by atoms with Crippen LogP contribution in [0.1, 0.15) is 18.4 Å². The molecule has 0 aliphatic carbocycles. The molecule has 0 atom stereocenters. The van der Waals surface area contributed by atoms with Crippen molar-refractivity contribution in [2.24, 2.45) is 0 Å². The first-order chi connectivity index (χ1) is 5.95. The van der Waals surface area contributed by atoms with E-state index in [0.717, 1.165) is 0 Å². The van der Waals surface area contributed by atoms with Crippen LogP contribution in [-0.4, -0.2) is 5.75 Å². The van der Waals surface area contributed by atoms with Gasteiger partial charge in [0.1, 0.15) is 0 Å². The summed E-state index contributed by atoms with van der Waals surface area (Å²) in [5.41, 5.74) is 1.34. The number of rotatable bonds is 1. The van der Waals surface area contributed by atoms with Crippen LogP contribution in [0.25, 0.3) is 6.08 Å². The maximum absolute atomic E-state index is 2.30. The van der Waals surface area contributed by atoms with E-state index in [1.54, 1.807) is 4.91 Å². The molecule has 1 aliphatic heterocycles. The molecule has 0 radical (unpaired) electrons. The molecule has 1 aliphatic rings. The summed E-state index contributed by atoms with van der Waals surface area (Å²) in [4.78, 5) is 1.54. The van der Waals surface area contributed by atoms with E-state index in [1.165, 1.54) is 24.2 Å². The van der Waals surface area contributed by atoms with E-state index in [1.807, 2.05) is 11.8 Å². The SMILES string of the molecule is C(=C1/CCCS1)/c1ccccc1. The lowest BCUT2D eigenvalue weighted by molar-refractivity contribution is 0.999. The fraction of sp³-hybridized carbons (Fsp3) is 0.273. The van der Waals surface area contributed by atoms with Crippen molar-refractivity contribution in [1.29, 1.82) is 0 Å². The van der Waals surface area contributed by atoms with E-state index in [0.29, 0.717) is 0 Å². The Morgan fingerprint density at radius 3 is 2.67 bits per heavy atom. The standard InChI is InChI=1S/C11H12S/c1-2-5-10(6-3-1)9-11-7-4-8-12-11/h1-3,5-6,9H,4,7-8H2/b11-9+. The van der Waals surface area contributed by atoms with Crippen molar-refractivity contribution in [1.82, 2.24) is 0 Å². The third-order valence-electron chi connectivity index (χ3n) is 1.98. The van der Waals surface area contributed by atoms with E-state index in [9.17, 15) is 0 Å². The molecule has 0 bridgehead atoms. The Hall–Kier alpha value is -0.690. The molecular weight excluding hydrogens is 164 g/mol. The Bertz CT molecular complexity index is 266. The second kappa shape index (κ2) is 3.81. The van der Waals surface area contributed by atoms with Gasteiger partial charge in [0, 0.05) is 0 Å². The molecular formula is C11H12S. The molecule has 62 valence electrons. The normalized spacial score (nSPS) is 20.2. The first kappa shape index (κ1) is 7.93. The summed E-state index contributed by atoms with van der Waals surface area (Å²) in [7, 11) is 0. The molecule has 2 rings (SSSR count). The van der Waals surface area contributed by atoms with Crippen molar-refractivity contribution >= 4 is 17.8 Å². The molecule has 0 spiro atoms. The second-order valence-corrected chi connectivity index (χ2v) is 4.19. The molecule has 0 amide bonds. The molecule has 1 fully saturated rings. The van der Waals surface area contributed by atoms with Crippen molar-refractivity contribution in [3.05, 3.63) is 40.8 Å². The maximum atomic E-state index is 2.30. The van der Waals surface area contributed by atoms with E-state index in [4.69, 9.17) is 0 Å². The number of hydrogen-bond donors (Lipinski definition) is 0. The van der Waals surface area contributed by atoms with Gasteiger partial charge in [-0.3, -0.25) is 0 Å². The van der Waals surface area contributed by atoms with Gasteiger partial charge >= 0.3 is 0 Å². The molecule has 1 heterocycles. The van der Waals surface area contributed by atoms with Crippen LogP contribution in [0.2, 0.25) is 0 Å². The Balaban J connectivity index is 2.16. The van der Waals surface area contributed by atoms with E-state index in [2.05, 4.69) is 36.4 Å². The van der Waals surface area contributed by atoms with Crippen LogP contribution in [0.4, 0.5) is 0 Å². The quantitative estimate of drug-likeness (QED) is 0.630. The molecule has 1 saturated heterocycles. The third kappa shape index (κ3) is 1.92. The summed E-state index contributed by atoms with van der Waals surface area (Å²) < 4.78 is 0. The van der Waals surface area contributed by atoms with Gasteiger partial charge in [-0.25, -0.2) is 0 Å². The highest BCUT2D eigenvalue weighted by Crippen LogP contribution is 2.31. The number of benzene rings is 1. The van der Waals surface area contributed by atoms with Crippen molar-refractivity contribution in [3.63, 3.8) is 0 Å². The highest BCUT2D eigenvalue weighted by Gasteiger charge is 2.05. The first-order valence-electron chi connectivity index (χ1n) is 4.33. The highest BCUT2D eigenvalue weighted by molar-refractivity contribution is 8.03. The van der Waals surface area contributed by atoms with Gasteiger partial charge < -0.3 is 0 Å². The Morgan fingerprint density at radius 1 is 1.17 bits per heavy atom. The van der Waals surface area contributed by atoms with Gasteiger partial charge in [0.25, 0.3) is 0 Å². The summed E-state index contributed by atoms with van der Waals surface area (Å²) in [5.74, 6) is 1.30. The highest BCUT2D eigenvalue weighted by atomic mass is 32.2. The van der Waals surface area contributed by atoms with Crippen molar-refractivity contribution < 1.29 is 0 Å². The number of hydrogen-bond acceptors (Lipinski definition) is 1. The van der Waals surface area contributed by atoms with Crippen LogP contribution in [0.3, 0.4) is 0 Å². The fourth-order valence-electron chi connectivity index (χ4n) is 1.37. The van der Waals surface area contributed by atoms with Gasteiger partial charge in [-0.05, 0) is 35.1 Å². The summed E-state index contributed by atoms with van der Waals surface area (Å²) in [6, 6.07) is 10.6. The van der Waals surface area contributed by atoms with Crippen LogP contribution >= 0.6 is 11.8 Å².